The average Bonchev–Trinajstić information content (AvgIpc) is 2.39. The molecule has 0 spiro atoms. The first kappa shape index (κ1) is 12.6. The van der Waals surface area contributed by atoms with Gasteiger partial charge in [0.05, 0.1) is 11.9 Å². The van der Waals surface area contributed by atoms with E-state index in [0.717, 1.165) is 0 Å². The van der Waals surface area contributed by atoms with Crippen LogP contribution in [0, 0.1) is 5.82 Å². The van der Waals surface area contributed by atoms with E-state index in [-0.39, 0.29) is 5.82 Å². The minimum absolute atomic E-state index is 0.333. The van der Waals surface area contributed by atoms with Crippen molar-refractivity contribution < 1.29 is 4.39 Å². The molecule has 1 aromatic heterocycles. The van der Waals surface area contributed by atoms with E-state index >= 15 is 0 Å². The summed E-state index contributed by atoms with van der Waals surface area (Å²) in [6.45, 7) is 0. The van der Waals surface area contributed by atoms with Crippen LogP contribution in [0.1, 0.15) is 0 Å². The van der Waals surface area contributed by atoms with Gasteiger partial charge < -0.3 is 10.2 Å². The van der Waals surface area contributed by atoms with Gasteiger partial charge in [0.25, 0.3) is 0 Å². The van der Waals surface area contributed by atoms with Gasteiger partial charge in [0.1, 0.15) is 10.8 Å². The highest BCUT2D eigenvalue weighted by Crippen LogP contribution is 2.30. The van der Waals surface area contributed by atoms with E-state index in [9.17, 15) is 4.39 Å². The molecule has 1 heterocycles. The highest BCUT2D eigenvalue weighted by Gasteiger charge is 2.14. The third kappa shape index (κ3) is 2.36. The molecule has 2 aromatic rings. The summed E-state index contributed by atoms with van der Waals surface area (Å²) in [7, 11) is 3.40. The lowest BCUT2D eigenvalue weighted by molar-refractivity contribution is 0.627. The molecule has 0 unspecified atom stereocenters. The highest BCUT2D eigenvalue weighted by molar-refractivity contribution is 6.33. The molecule has 1 N–H and O–H groups in total. The van der Waals surface area contributed by atoms with Crippen molar-refractivity contribution in [1.29, 1.82) is 0 Å². The smallest absolute Gasteiger partial charge is 0.224 e. The average molecular weight is 267 g/mol. The molecule has 0 fully saturated rings. The van der Waals surface area contributed by atoms with Crippen molar-refractivity contribution in [2.75, 3.05) is 24.3 Å². The van der Waals surface area contributed by atoms with Crippen LogP contribution in [0.15, 0.2) is 30.5 Å². The molecule has 0 radical (unpaired) electrons. The summed E-state index contributed by atoms with van der Waals surface area (Å²) in [5.41, 5.74) is 0.403. The first-order valence-electron chi connectivity index (χ1n) is 5.32. The SMILES string of the molecule is CNc1ncc(Cl)c(N(C)c2ccccc2F)n1. The van der Waals surface area contributed by atoms with Gasteiger partial charge in [-0.3, -0.25) is 0 Å². The predicted octanol–water partition coefficient (Wildman–Crippen LogP) is 3.08. The zero-order valence-electron chi connectivity index (χ0n) is 9.98. The quantitative estimate of drug-likeness (QED) is 0.927. The number of rotatable bonds is 3. The number of nitrogens with zero attached hydrogens (tertiary/aromatic N) is 3. The molecule has 0 amide bonds. The van der Waals surface area contributed by atoms with Gasteiger partial charge in [-0.25, -0.2) is 9.37 Å². The van der Waals surface area contributed by atoms with Crippen LogP contribution in [-0.2, 0) is 0 Å². The van der Waals surface area contributed by atoms with Gasteiger partial charge in [-0.15, -0.1) is 0 Å². The van der Waals surface area contributed by atoms with Crippen LogP contribution in [0.5, 0.6) is 0 Å². The van der Waals surface area contributed by atoms with Crippen molar-refractivity contribution in [2.45, 2.75) is 0 Å². The van der Waals surface area contributed by atoms with Gasteiger partial charge in [-0.1, -0.05) is 23.7 Å². The maximum Gasteiger partial charge on any atom is 0.224 e. The normalized spacial score (nSPS) is 10.2. The molecule has 0 saturated heterocycles. The third-order valence-corrected chi connectivity index (χ3v) is 2.75. The Morgan fingerprint density at radius 1 is 1.33 bits per heavy atom. The first-order chi connectivity index (χ1) is 8.63. The van der Waals surface area contributed by atoms with Crippen molar-refractivity contribution in [2.24, 2.45) is 0 Å². The third-order valence-electron chi connectivity index (χ3n) is 2.48. The van der Waals surface area contributed by atoms with E-state index in [1.165, 1.54) is 12.3 Å². The molecule has 2 rings (SSSR count). The Morgan fingerprint density at radius 3 is 2.72 bits per heavy atom. The molecule has 0 aliphatic carbocycles. The van der Waals surface area contributed by atoms with Crippen LogP contribution in [0.3, 0.4) is 0 Å². The van der Waals surface area contributed by atoms with Crippen molar-refractivity contribution in [3.63, 3.8) is 0 Å². The van der Waals surface area contributed by atoms with Crippen LogP contribution < -0.4 is 10.2 Å². The van der Waals surface area contributed by atoms with Crippen LogP contribution in [0.2, 0.25) is 5.02 Å². The Balaban J connectivity index is 2.45. The highest BCUT2D eigenvalue weighted by atomic mass is 35.5. The summed E-state index contributed by atoms with van der Waals surface area (Å²) in [6, 6.07) is 6.43. The molecular formula is C12H12ClFN4. The fourth-order valence-electron chi connectivity index (χ4n) is 1.55. The molecule has 0 atom stereocenters. The summed E-state index contributed by atoms with van der Waals surface area (Å²) in [5, 5.41) is 3.18. The molecule has 0 aliphatic heterocycles. The van der Waals surface area contributed by atoms with E-state index in [1.54, 1.807) is 37.2 Å². The predicted molar refractivity (Wildman–Crippen MR) is 71.1 cm³/mol. The van der Waals surface area contributed by atoms with E-state index in [1.807, 2.05) is 0 Å². The molecule has 6 heteroatoms. The van der Waals surface area contributed by atoms with Crippen LogP contribution in [0.25, 0.3) is 0 Å². The topological polar surface area (TPSA) is 41.1 Å². The Hall–Kier alpha value is -1.88. The van der Waals surface area contributed by atoms with E-state index in [4.69, 9.17) is 11.6 Å². The molecule has 4 nitrogen and oxygen atoms in total. The van der Waals surface area contributed by atoms with E-state index in [0.29, 0.717) is 22.5 Å². The molecule has 18 heavy (non-hydrogen) atoms. The Labute approximate surface area is 109 Å². The number of para-hydroxylation sites is 1. The first-order valence-corrected chi connectivity index (χ1v) is 5.70. The van der Waals surface area contributed by atoms with Crippen LogP contribution in [-0.4, -0.2) is 24.1 Å². The van der Waals surface area contributed by atoms with E-state index in [2.05, 4.69) is 15.3 Å². The lowest BCUT2D eigenvalue weighted by atomic mass is 10.3. The van der Waals surface area contributed by atoms with Gasteiger partial charge >= 0.3 is 0 Å². The van der Waals surface area contributed by atoms with Gasteiger partial charge in [0.2, 0.25) is 5.95 Å². The number of nitrogens with one attached hydrogen (secondary N) is 1. The Bertz CT molecular complexity index is 562. The van der Waals surface area contributed by atoms with Crippen molar-refractivity contribution in [1.82, 2.24) is 9.97 Å². The minimum atomic E-state index is -0.333. The molecular weight excluding hydrogens is 255 g/mol. The number of aromatic nitrogens is 2. The van der Waals surface area contributed by atoms with Crippen molar-refractivity contribution in [3.05, 3.63) is 41.3 Å². The second kappa shape index (κ2) is 5.18. The lowest BCUT2D eigenvalue weighted by Gasteiger charge is -2.20. The maximum absolute atomic E-state index is 13.7. The number of halogens is 2. The van der Waals surface area contributed by atoms with Gasteiger partial charge in [-0.05, 0) is 12.1 Å². The van der Waals surface area contributed by atoms with Gasteiger partial charge in [0.15, 0.2) is 5.82 Å². The largest absolute Gasteiger partial charge is 0.357 e. The molecule has 94 valence electrons. The Kier molecular flexibility index (Phi) is 3.62. The number of hydrogen-bond acceptors (Lipinski definition) is 4. The maximum atomic E-state index is 13.7. The summed E-state index contributed by atoms with van der Waals surface area (Å²) >= 11 is 6.03. The summed E-state index contributed by atoms with van der Waals surface area (Å²) in [5.74, 6) is 0.541. The zero-order valence-corrected chi connectivity index (χ0v) is 10.7. The molecule has 1 aromatic carbocycles. The van der Waals surface area contributed by atoms with E-state index < -0.39 is 0 Å². The summed E-state index contributed by atoms with van der Waals surface area (Å²) < 4.78 is 13.7. The van der Waals surface area contributed by atoms with Gasteiger partial charge in [0, 0.05) is 14.1 Å². The van der Waals surface area contributed by atoms with Crippen molar-refractivity contribution >= 4 is 29.1 Å². The molecule has 0 aliphatic rings. The second-order valence-corrected chi connectivity index (χ2v) is 4.03. The second-order valence-electron chi connectivity index (χ2n) is 3.63. The summed E-state index contributed by atoms with van der Waals surface area (Å²) in [4.78, 5) is 9.78. The summed E-state index contributed by atoms with van der Waals surface area (Å²) in [6.07, 6.45) is 1.48. The van der Waals surface area contributed by atoms with Crippen LogP contribution >= 0.6 is 11.6 Å². The van der Waals surface area contributed by atoms with Crippen molar-refractivity contribution in [3.8, 4) is 0 Å². The minimum Gasteiger partial charge on any atom is -0.357 e. The fourth-order valence-corrected chi connectivity index (χ4v) is 1.77. The molecule has 0 saturated carbocycles. The number of anilines is 3. The monoisotopic (exact) mass is 266 g/mol. The number of hydrogen-bond donors (Lipinski definition) is 1. The van der Waals surface area contributed by atoms with Gasteiger partial charge in [-0.2, -0.15) is 4.98 Å². The lowest BCUT2D eigenvalue weighted by Crippen LogP contribution is -2.14. The van der Waals surface area contributed by atoms with Crippen LogP contribution in [0.4, 0.5) is 21.8 Å². The fraction of sp³-hybridized carbons (Fsp3) is 0.167. The molecule has 0 bridgehead atoms. The Morgan fingerprint density at radius 2 is 2.06 bits per heavy atom. The standard InChI is InChI=1S/C12H12ClFN4/c1-15-12-16-7-8(13)11(17-12)18(2)10-6-4-3-5-9(10)14/h3-7H,1-2H3,(H,15,16,17). The zero-order chi connectivity index (χ0) is 13.1. The number of benzene rings is 1.